The molecular formula is C14H9Cl2F. The van der Waals surface area contributed by atoms with Crippen LogP contribution in [0, 0.1) is 0 Å². The Bertz CT molecular complexity index is 527. The van der Waals surface area contributed by atoms with E-state index in [4.69, 9.17) is 23.2 Å². The monoisotopic (exact) mass is 266 g/mol. The Morgan fingerprint density at radius 3 is 2.06 bits per heavy atom. The fourth-order valence-corrected chi connectivity index (χ4v) is 1.96. The Kier molecular flexibility index (Phi) is 3.82. The number of halogens is 3. The van der Waals surface area contributed by atoms with Crippen LogP contribution in [0.3, 0.4) is 0 Å². The average molecular weight is 267 g/mol. The van der Waals surface area contributed by atoms with Crippen molar-refractivity contribution in [3.8, 4) is 0 Å². The largest absolute Gasteiger partial charge is 0.206 e. The summed E-state index contributed by atoms with van der Waals surface area (Å²) < 4.78 is 13.9. The Labute approximate surface area is 109 Å². The molecule has 0 atom stereocenters. The molecule has 2 aromatic carbocycles. The van der Waals surface area contributed by atoms with Crippen LogP contribution in [0.25, 0.3) is 11.9 Å². The van der Waals surface area contributed by atoms with Gasteiger partial charge < -0.3 is 0 Å². The lowest BCUT2D eigenvalue weighted by Crippen LogP contribution is -1.81. The molecule has 2 aromatic rings. The van der Waals surface area contributed by atoms with Gasteiger partial charge in [-0.05, 0) is 18.2 Å². The molecule has 0 aliphatic rings. The summed E-state index contributed by atoms with van der Waals surface area (Å²) in [6.07, 6.45) is 1.35. The molecule has 3 heteroatoms. The maximum atomic E-state index is 13.9. The van der Waals surface area contributed by atoms with Gasteiger partial charge in [0.25, 0.3) is 0 Å². The highest BCUT2D eigenvalue weighted by atomic mass is 35.5. The second-order valence-electron chi connectivity index (χ2n) is 3.49. The molecule has 0 radical (unpaired) electrons. The third kappa shape index (κ3) is 2.87. The van der Waals surface area contributed by atoms with Crippen molar-refractivity contribution in [3.63, 3.8) is 0 Å². The first-order valence-electron chi connectivity index (χ1n) is 5.05. The molecule has 0 amide bonds. The van der Waals surface area contributed by atoms with Gasteiger partial charge in [0.1, 0.15) is 5.83 Å². The highest BCUT2D eigenvalue weighted by molar-refractivity contribution is 6.37. The van der Waals surface area contributed by atoms with E-state index >= 15 is 0 Å². The van der Waals surface area contributed by atoms with Gasteiger partial charge in [0.15, 0.2) is 0 Å². The molecule has 0 N–H and O–H groups in total. The minimum absolute atomic E-state index is 0.361. The van der Waals surface area contributed by atoms with Crippen molar-refractivity contribution in [1.82, 2.24) is 0 Å². The van der Waals surface area contributed by atoms with Gasteiger partial charge in [-0.1, -0.05) is 59.6 Å². The first-order chi connectivity index (χ1) is 8.18. The maximum Gasteiger partial charge on any atom is 0.131 e. The molecule has 0 spiro atoms. The van der Waals surface area contributed by atoms with Crippen LogP contribution in [0.15, 0.2) is 48.5 Å². The third-order valence-corrected chi connectivity index (χ3v) is 2.98. The Morgan fingerprint density at radius 2 is 1.47 bits per heavy atom. The molecule has 2 rings (SSSR count). The van der Waals surface area contributed by atoms with Gasteiger partial charge in [-0.15, -0.1) is 0 Å². The van der Waals surface area contributed by atoms with E-state index in [-0.39, 0.29) is 5.83 Å². The number of rotatable bonds is 2. The van der Waals surface area contributed by atoms with Crippen molar-refractivity contribution >= 4 is 35.1 Å². The molecule has 0 aromatic heterocycles. The summed E-state index contributed by atoms with van der Waals surface area (Å²) in [5, 5.41) is 0.868. The fourth-order valence-electron chi connectivity index (χ4n) is 1.46. The van der Waals surface area contributed by atoms with E-state index in [0.29, 0.717) is 21.2 Å². The van der Waals surface area contributed by atoms with E-state index in [1.807, 2.05) is 6.07 Å². The van der Waals surface area contributed by atoms with Crippen molar-refractivity contribution in [2.75, 3.05) is 0 Å². The summed E-state index contributed by atoms with van der Waals surface area (Å²) in [6.45, 7) is 0. The molecule has 0 nitrogen and oxygen atoms in total. The first-order valence-corrected chi connectivity index (χ1v) is 5.80. The van der Waals surface area contributed by atoms with Gasteiger partial charge in [-0.25, -0.2) is 4.39 Å². The first kappa shape index (κ1) is 12.2. The summed E-state index contributed by atoms with van der Waals surface area (Å²) in [5.41, 5.74) is 1.00. The van der Waals surface area contributed by atoms with E-state index in [1.54, 1.807) is 42.5 Å². The number of benzene rings is 2. The zero-order chi connectivity index (χ0) is 12.3. The van der Waals surface area contributed by atoms with E-state index in [9.17, 15) is 4.39 Å². The van der Waals surface area contributed by atoms with Crippen LogP contribution in [0.4, 0.5) is 4.39 Å². The predicted octanol–water partition coefficient (Wildman–Crippen LogP) is 5.46. The molecule has 0 saturated heterocycles. The molecular weight excluding hydrogens is 258 g/mol. The standard InChI is InChI=1S/C14H9Cl2F/c15-12-7-4-8-13(16)11(12)9-14(17)10-5-2-1-3-6-10/h1-9H/b14-9+. The van der Waals surface area contributed by atoms with Gasteiger partial charge in [-0.3, -0.25) is 0 Å². The molecule has 0 aliphatic heterocycles. The molecule has 0 unspecified atom stereocenters. The molecule has 0 aliphatic carbocycles. The van der Waals surface area contributed by atoms with E-state index in [0.717, 1.165) is 0 Å². The van der Waals surface area contributed by atoms with Crippen LogP contribution in [-0.2, 0) is 0 Å². The molecule has 0 bridgehead atoms. The topological polar surface area (TPSA) is 0 Å². The van der Waals surface area contributed by atoms with Gasteiger partial charge in [0.2, 0.25) is 0 Å². The molecule has 0 fully saturated rings. The van der Waals surface area contributed by atoms with E-state index in [1.165, 1.54) is 6.08 Å². The Hall–Kier alpha value is -1.31. The van der Waals surface area contributed by atoms with Crippen molar-refractivity contribution in [3.05, 3.63) is 69.7 Å². The quantitative estimate of drug-likeness (QED) is 0.633. The summed E-state index contributed by atoms with van der Waals surface area (Å²) in [7, 11) is 0. The molecule has 86 valence electrons. The van der Waals surface area contributed by atoms with Crippen LogP contribution >= 0.6 is 23.2 Å². The highest BCUT2D eigenvalue weighted by Crippen LogP contribution is 2.29. The zero-order valence-corrected chi connectivity index (χ0v) is 10.3. The lowest BCUT2D eigenvalue weighted by Gasteiger charge is -2.02. The van der Waals surface area contributed by atoms with Crippen LogP contribution < -0.4 is 0 Å². The molecule has 0 heterocycles. The predicted molar refractivity (Wildman–Crippen MR) is 71.9 cm³/mol. The van der Waals surface area contributed by atoms with Crippen LogP contribution in [0.2, 0.25) is 10.0 Å². The lowest BCUT2D eigenvalue weighted by atomic mass is 10.1. The second-order valence-corrected chi connectivity index (χ2v) is 4.31. The second kappa shape index (κ2) is 5.35. The van der Waals surface area contributed by atoms with Crippen molar-refractivity contribution in [1.29, 1.82) is 0 Å². The minimum atomic E-state index is -0.361. The fraction of sp³-hybridized carbons (Fsp3) is 0. The molecule has 0 saturated carbocycles. The van der Waals surface area contributed by atoms with Crippen LogP contribution in [0.5, 0.6) is 0 Å². The maximum absolute atomic E-state index is 13.9. The summed E-state index contributed by atoms with van der Waals surface area (Å²) in [4.78, 5) is 0. The van der Waals surface area contributed by atoms with Gasteiger partial charge >= 0.3 is 0 Å². The molecule has 17 heavy (non-hydrogen) atoms. The Balaban J connectivity index is 2.43. The summed E-state index contributed by atoms with van der Waals surface area (Å²) >= 11 is 11.9. The van der Waals surface area contributed by atoms with Crippen LogP contribution in [-0.4, -0.2) is 0 Å². The highest BCUT2D eigenvalue weighted by Gasteiger charge is 2.05. The Morgan fingerprint density at radius 1 is 0.882 bits per heavy atom. The number of hydrogen-bond acceptors (Lipinski definition) is 0. The number of hydrogen-bond donors (Lipinski definition) is 0. The summed E-state index contributed by atoms with van der Waals surface area (Å²) in [5.74, 6) is -0.361. The van der Waals surface area contributed by atoms with Crippen LogP contribution in [0.1, 0.15) is 11.1 Å². The third-order valence-electron chi connectivity index (χ3n) is 2.32. The van der Waals surface area contributed by atoms with Gasteiger partial charge in [0.05, 0.1) is 0 Å². The minimum Gasteiger partial charge on any atom is -0.206 e. The zero-order valence-electron chi connectivity index (χ0n) is 8.83. The SMILES string of the molecule is F/C(=C/c1c(Cl)cccc1Cl)c1ccccc1. The smallest absolute Gasteiger partial charge is 0.131 e. The van der Waals surface area contributed by atoms with Crippen molar-refractivity contribution in [2.45, 2.75) is 0 Å². The van der Waals surface area contributed by atoms with E-state index in [2.05, 4.69) is 0 Å². The van der Waals surface area contributed by atoms with Gasteiger partial charge in [-0.2, -0.15) is 0 Å². The lowest BCUT2D eigenvalue weighted by molar-refractivity contribution is 0.765. The van der Waals surface area contributed by atoms with E-state index < -0.39 is 0 Å². The van der Waals surface area contributed by atoms with Crippen molar-refractivity contribution < 1.29 is 4.39 Å². The van der Waals surface area contributed by atoms with Gasteiger partial charge in [0, 0.05) is 21.2 Å². The van der Waals surface area contributed by atoms with Crippen molar-refractivity contribution in [2.24, 2.45) is 0 Å². The normalized spacial score (nSPS) is 11.6. The summed E-state index contributed by atoms with van der Waals surface area (Å²) in [6, 6.07) is 13.8. The average Bonchev–Trinajstić information content (AvgIpc) is 2.35.